The van der Waals surface area contributed by atoms with Crippen LogP contribution in [0.25, 0.3) is 0 Å². The molecular formula is C14H22O3. The van der Waals surface area contributed by atoms with Crippen LogP contribution in [-0.4, -0.2) is 30.7 Å². The fourth-order valence-corrected chi connectivity index (χ4v) is 3.42. The minimum absolute atomic E-state index is 0.152. The van der Waals surface area contributed by atoms with Crippen molar-refractivity contribution in [1.82, 2.24) is 0 Å². The van der Waals surface area contributed by atoms with Crippen molar-refractivity contribution in [2.24, 2.45) is 0 Å². The van der Waals surface area contributed by atoms with Crippen molar-refractivity contribution >= 4 is 0 Å². The summed E-state index contributed by atoms with van der Waals surface area (Å²) in [7, 11) is 0. The van der Waals surface area contributed by atoms with Gasteiger partial charge in [0, 0.05) is 13.0 Å². The van der Waals surface area contributed by atoms with E-state index in [2.05, 4.69) is 19.9 Å². The van der Waals surface area contributed by atoms with Gasteiger partial charge >= 0.3 is 0 Å². The van der Waals surface area contributed by atoms with E-state index in [1.54, 1.807) is 0 Å². The molecular weight excluding hydrogens is 216 g/mol. The predicted octanol–water partition coefficient (Wildman–Crippen LogP) is 2.80. The maximum Gasteiger partial charge on any atom is 0.169 e. The van der Waals surface area contributed by atoms with Gasteiger partial charge in [0.25, 0.3) is 0 Å². The molecule has 2 aliphatic heterocycles. The van der Waals surface area contributed by atoms with E-state index in [0.717, 1.165) is 32.5 Å². The highest BCUT2D eigenvalue weighted by atomic mass is 16.7. The quantitative estimate of drug-likeness (QED) is 0.708. The number of hydrogen-bond acceptors (Lipinski definition) is 3. The summed E-state index contributed by atoms with van der Waals surface area (Å²) in [5, 5.41) is 0. The van der Waals surface area contributed by atoms with Crippen molar-refractivity contribution in [2.75, 3.05) is 13.2 Å². The van der Waals surface area contributed by atoms with Crippen LogP contribution in [0.15, 0.2) is 11.6 Å². The molecule has 3 rings (SSSR count). The van der Waals surface area contributed by atoms with Crippen LogP contribution in [0.3, 0.4) is 0 Å². The van der Waals surface area contributed by atoms with Crippen molar-refractivity contribution in [3.05, 3.63) is 11.6 Å². The lowest BCUT2D eigenvalue weighted by atomic mass is 9.81. The molecule has 3 aliphatic rings. The number of allylic oxidation sites excluding steroid dienone is 1. The minimum atomic E-state index is -0.447. The van der Waals surface area contributed by atoms with Crippen LogP contribution in [-0.2, 0) is 14.2 Å². The molecule has 2 heterocycles. The van der Waals surface area contributed by atoms with E-state index in [1.807, 2.05) is 0 Å². The summed E-state index contributed by atoms with van der Waals surface area (Å²) in [5.41, 5.74) is 1.21. The Morgan fingerprint density at radius 1 is 1.53 bits per heavy atom. The molecule has 3 atom stereocenters. The van der Waals surface area contributed by atoms with Crippen LogP contribution in [0.2, 0.25) is 0 Å². The van der Waals surface area contributed by atoms with Gasteiger partial charge in [-0.2, -0.15) is 0 Å². The smallest absolute Gasteiger partial charge is 0.169 e. The van der Waals surface area contributed by atoms with Crippen LogP contribution < -0.4 is 0 Å². The molecule has 0 aromatic heterocycles. The molecule has 3 heteroatoms. The van der Waals surface area contributed by atoms with Crippen LogP contribution in [0.4, 0.5) is 0 Å². The summed E-state index contributed by atoms with van der Waals surface area (Å²) in [6.45, 7) is 5.71. The highest BCUT2D eigenvalue weighted by molar-refractivity contribution is 5.30. The molecule has 1 spiro atoms. The first kappa shape index (κ1) is 11.7. The lowest BCUT2D eigenvalue weighted by Crippen LogP contribution is -2.40. The van der Waals surface area contributed by atoms with Crippen molar-refractivity contribution in [3.8, 4) is 0 Å². The zero-order valence-electron chi connectivity index (χ0n) is 10.8. The van der Waals surface area contributed by atoms with E-state index in [1.165, 1.54) is 18.4 Å². The van der Waals surface area contributed by atoms with Crippen molar-refractivity contribution < 1.29 is 14.2 Å². The minimum Gasteiger partial charge on any atom is -0.370 e. The van der Waals surface area contributed by atoms with Gasteiger partial charge in [0.2, 0.25) is 0 Å². The summed E-state index contributed by atoms with van der Waals surface area (Å²) < 4.78 is 18.2. The lowest BCUT2D eigenvalue weighted by Gasteiger charge is -2.34. The molecule has 0 saturated carbocycles. The Morgan fingerprint density at radius 2 is 2.41 bits per heavy atom. The highest BCUT2D eigenvalue weighted by Gasteiger charge is 2.60. The first-order chi connectivity index (χ1) is 8.19. The number of ether oxygens (including phenoxy) is 3. The third kappa shape index (κ3) is 1.76. The van der Waals surface area contributed by atoms with E-state index < -0.39 is 5.79 Å². The molecule has 0 amide bonds. The molecule has 0 radical (unpaired) electrons. The van der Waals surface area contributed by atoms with Gasteiger partial charge in [-0.3, -0.25) is 0 Å². The van der Waals surface area contributed by atoms with Gasteiger partial charge in [0.05, 0.1) is 12.7 Å². The molecule has 3 nitrogen and oxygen atoms in total. The maximum absolute atomic E-state index is 6.35. The Balaban J connectivity index is 1.82. The Bertz CT molecular complexity index is 338. The number of rotatable bonds is 3. The van der Waals surface area contributed by atoms with E-state index >= 15 is 0 Å². The van der Waals surface area contributed by atoms with Gasteiger partial charge in [0.15, 0.2) is 5.79 Å². The summed E-state index contributed by atoms with van der Waals surface area (Å²) >= 11 is 0. The summed E-state index contributed by atoms with van der Waals surface area (Å²) in [4.78, 5) is 0. The van der Waals surface area contributed by atoms with E-state index in [0.29, 0.717) is 0 Å². The average molecular weight is 238 g/mol. The number of hydrogen-bond donors (Lipinski definition) is 0. The van der Waals surface area contributed by atoms with Crippen molar-refractivity contribution in [2.45, 2.75) is 63.4 Å². The molecule has 96 valence electrons. The Hall–Kier alpha value is -0.380. The van der Waals surface area contributed by atoms with Gasteiger partial charge in [0.1, 0.15) is 5.60 Å². The van der Waals surface area contributed by atoms with Crippen LogP contribution in [0.1, 0.15) is 46.0 Å². The molecule has 17 heavy (non-hydrogen) atoms. The SMILES string of the molecule is CCCO[C@@]1(C)C[C@@H]2OCC3=CCCC[C@]32O1. The molecule has 0 unspecified atom stereocenters. The standard InChI is InChI=1S/C14H22O3/c1-3-8-16-13(2)9-12-14(17-13)7-5-4-6-11(14)10-15-12/h6,12H,3-5,7-10H2,1-2H3/t12-,13+,14-/m0/s1. The van der Waals surface area contributed by atoms with Crippen molar-refractivity contribution in [3.63, 3.8) is 0 Å². The monoisotopic (exact) mass is 238 g/mol. The second kappa shape index (κ2) is 4.08. The Labute approximate surface area is 103 Å². The van der Waals surface area contributed by atoms with E-state index in [4.69, 9.17) is 14.2 Å². The van der Waals surface area contributed by atoms with Gasteiger partial charge in [-0.05, 0) is 38.2 Å². The van der Waals surface area contributed by atoms with Crippen molar-refractivity contribution in [1.29, 1.82) is 0 Å². The van der Waals surface area contributed by atoms with E-state index in [-0.39, 0.29) is 11.7 Å². The Morgan fingerprint density at radius 3 is 3.24 bits per heavy atom. The second-order valence-electron chi connectivity index (χ2n) is 5.60. The highest BCUT2D eigenvalue weighted by Crippen LogP contribution is 2.52. The van der Waals surface area contributed by atoms with Gasteiger partial charge in [-0.15, -0.1) is 0 Å². The first-order valence-electron chi connectivity index (χ1n) is 6.84. The molecule has 0 aromatic rings. The van der Waals surface area contributed by atoms with Gasteiger partial charge in [-0.25, -0.2) is 0 Å². The lowest BCUT2D eigenvalue weighted by molar-refractivity contribution is -0.234. The first-order valence-corrected chi connectivity index (χ1v) is 6.84. The molecule has 0 bridgehead atoms. The zero-order chi connectivity index (χ0) is 11.9. The fraction of sp³-hybridized carbons (Fsp3) is 0.857. The maximum atomic E-state index is 6.35. The summed E-state index contributed by atoms with van der Waals surface area (Å²) in [5.74, 6) is -0.447. The van der Waals surface area contributed by atoms with Crippen LogP contribution in [0.5, 0.6) is 0 Å². The third-order valence-corrected chi connectivity index (χ3v) is 4.21. The molecule has 2 fully saturated rings. The Kier molecular flexibility index (Phi) is 2.80. The molecule has 1 aliphatic carbocycles. The van der Waals surface area contributed by atoms with Gasteiger partial charge in [-0.1, -0.05) is 13.0 Å². The average Bonchev–Trinajstić information content (AvgIpc) is 2.77. The second-order valence-corrected chi connectivity index (χ2v) is 5.60. The summed E-state index contributed by atoms with van der Waals surface area (Å²) in [6, 6.07) is 0. The van der Waals surface area contributed by atoms with E-state index in [9.17, 15) is 0 Å². The predicted molar refractivity (Wildman–Crippen MR) is 64.8 cm³/mol. The third-order valence-electron chi connectivity index (χ3n) is 4.21. The zero-order valence-corrected chi connectivity index (χ0v) is 10.8. The molecule has 2 saturated heterocycles. The molecule has 0 N–H and O–H groups in total. The van der Waals surface area contributed by atoms with Crippen LogP contribution >= 0.6 is 0 Å². The van der Waals surface area contributed by atoms with Gasteiger partial charge < -0.3 is 14.2 Å². The largest absolute Gasteiger partial charge is 0.370 e. The fourth-order valence-electron chi connectivity index (χ4n) is 3.42. The molecule has 0 aromatic carbocycles. The van der Waals surface area contributed by atoms with Crippen LogP contribution in [0, 0.1) is 0 Å². The summed E-state index contributed by atoms with van der Waals surface area (Å²) in [6.07, 6.45) is 7.88. The normalized spacial score (nSPS) is 44.4. The topological polar surface area (TPSA) is 27.7 Å².